The Morgan fingerprint density at radius 2 is 2.00 bits per heavy atom. The lowest BCUT2D eigenvalue weighted by atomic mass is 10.2. The molecule has 2 nitrogen and oxygen atoms in total. The number of rotatable bonds is 3. The van der Waals surface area contributed by atoms with Crippen LogP contribution in [0.25, 0.3) is 0 Å². The van der Waals surface area contributed by atoms with Crippen molar-refractivity contribution in [2.24, 2.45) is 0 Å². The summed E-state index contributed by atoms with van der Waals surface area (Å²) < 4.78 is 64.4. The largest absolute Gasteiger partial charge is 0.574 e. The van der Waals surface area contributed by atoms with Crippen LogP contribution in [-0.4, -0.2) is 11.3 Å². The highest BCUT2D eigenvalue weighted by Crippen LogP contribution is 2.31. The molecule has 0 N–H and O–H groups in total. The van der Waals surface area contributed by atoms with Crippen molar-refractivity contribution in [3.8, 4) is 5.88 Å². The van der Waals surface area contributed by atoms with Gasteiger partial charge in [-0.15, -0.1) is 24.8 Å². The van der Waals surface area contributed by atoms with E-state index >= 15 is 0 Å². The van der Waals surface area contributed by atoms with Crippen LogP contribution in [0.5, 0.6) is 5.88 Å². The molecule has 0 saturated heterocycles. The van der Waals surface area contributed by atoms with Gasteiger partial charge in [-0.25, -0.2) is 13.8 Å². The van der Waals surface area contributed by atoms with Crippen molar-refractivity contribution in [3.63, 3.8) is 0 Å². The molecule has 0 unspecified atom stereocenters. The second-order valence-electron chi connectivity index (χ2n) is 2.79. The molecular formula is C8H4ClF5INO. The number of aromatic nitrogens is 1. The van der Waals surface area contributed by atoms with Gasteiger partial charge in [0.25, 0.3) is 6.43 Å². The summed E-state index contributed by atoms with van der Waals surface area (Å²) in [5.74, 6) is -1.23. The molecule has 1 aromatic heterocycles. The molecule has 0 aliphatic heterocycles. The standard InChI is InChI=1S/C8H4ClF5INO/c9-2-4-6(15)3(7(10)11)1-5(16-4)17-8(12,13)14/h1,7H,2H2. The molecule has 17 heavy (non-hydrogen) atoms. The van der Waals surface area contributed by atoms with Gasteiger partial charge in [0, 0.05) is 15.2 Å². The maximum absolute atomic E-state index is 12.5. The first-order chi connectivity index (χ1) is 7.74. The van der Waals surface area contributed by atoms with Crippen molar-refractivity contribution in [1.29, 1.82) is 0 Å². The zero-order valence-electron chi connectivity index (χ0n) is 7.86. The lowest BCUT2D eigenvalue weighted by Crippen LogP contribution is -2.18. The maximum atomic E-state index is 12.5. The highest BCUT2D eigenvalue weighted by molar-refractivity contribution is 14.1. The number of hydrogen-bond donors (Lipinski definition) is 0. The van der Waals surface area contributed by atoms with Gasteiger partial charge in [-0.2, -0.15) is 0 Å². The van der Waals surface area contributed by atoms with Crippen LogP contribution >= 0.6 is 34.2 Å². The smallest absolute Gasteiger partial charge is 0.388 e. The van der Waals surface area contributed by atoms with Gasteiger partial charge < -0.3 is 4.74 Å². The Morgan fingerprint density at radius 1 is 1.41 bits per heavy atom. The molecule has 0 aliphatic rings. The predicted octanol–water partition coefficient (Wildman–Crippen LogP) is 4.26. The number of ether oxygens (including phenoxy) is 1. The third-order valence-corrected chi connectivity index (χ3v) is 3.11. The molecule has 0 bridgehead atoms. The normalized spacial score (nSPS) is 12.0. The Balaban J connectivity index is 3.21. The van der Waals surface area contributed by atoms with Crippen LogP contribution in [0.1, 0.15) is 17.7 Å². The van der Waals surface area contributed by atoms with Crippen LogP contribution < -0.4 is 4.74 Å². The molecule has 0 radical (unpaired) electrons. The summed E-state index contributed by atoms with van der Waals surface area (Å²) in [6.07, 6.45) is -7.91. The van der Waals surface area contributed by atoms with Gasteiger partial charge in [-0.3, -0.25) is 0 Å². The average Bonchev–Trinajstić information content (AvgIpc) is 2.17. The Kier molecular flexibility index (Phi) is 4.76. The van der Waals surface area contributed by atoms with Gasteiger partial charge in [-0.1, -0.05) is 0 Å². The summed E-state index contributed by atoms with van der Waals surface area (Å²) in [5, 5.41) is 0. The number of alkyl halides is 6. The topological polar surface area (TPSA) is 22.1 Å². The van der Waals surface area contributed by atoms with E-state index in [0.717, 1.165) is 0 Å². The molecular weight excluding hydrogens is 383 g/mol. The fourth-order valence-electron chi connectivity index (χ4n) is 0.996. The first kappa shape index (κ1) is 14.7. The van der Waals surface area contributed by atoms with Gasteiger partial charge in [0.2, 0.25) is 5.88 Å². The third-order valence-electron chi connectivity index (χ3n) is 1.61. The summed E-state index contributed by atoms with van der Waals surface area (Å²) in [7, 11) is 0. The summed E-state index contributed by atoms with van der Waals surface area (Å²) in [6, 6.07) is 0.552. The van der Waals surface area contributed by atoms with Gasteiger partial charge in [0.05, 0.1) is 11.6 Å². The Hall–Kier alpha value is -0.380. The van der Waals surface area contributed by atoms with Crippen molar-refractivity contribution in [2.75, 3.05) is 0 Å². The summed E-state index contributed by atoms with van der Waals surface area (Å²) in [5.41, 5.74) is -0.667. The van der Waals surface area contributed by atoms with Crippen LogP contribution in [-0.2, 0) is 5.88 Å². The molecule has 1 aromatic rings. The lowest BCUT2D eigenvalue weighted by molar-refractivity contribution is -0.276. The Bertz CT molecular complexity index is 412. The maximum Gasteiger partial charge on any atom is 0.574 e. The highest BCUT2D eigenvalue weighted by atomic mass is 127. The number of hydrogen-bond acceptors (Lipinski definition) is 2. The highest BCUT2D eigenvalue weighted by Gasteiger charge is 2.32. The summed E-state index contributed by atoms with van der Waals surface area (Å²) in [6.45, 7) is 0. The van der Waals surface area contributed by atoms with Crippen molar-refractivity contribution in [2.45, 2.75) is 18.7 Å². The van der Waals surface area contributed by atoms with Crippen LogP contribution in [0.4, 0.5) is 22.0 Å². The quantitative estimate of drug-likeness (QED) is 0.439. The summed E-state index contributed by atoms with van der Waals surface area (Å²) >= 11 is 6.95. The SMILES string of the molecule is FC(F)c1cc(OC(F)(F)F)nc(CCl)c1I. The molecule has 96 valence electrons. The number of pyridine rings is 1. The molecule has 0 saturated carbocycles. The van der Waals surface area contributed by atoms with E-state index in [0.29, 0.717) is 6.07 Å². The molecule has 9 heteroatoms. The van der Waals surface area contributed by atoms with Crippen LogP contribution in [0.2, 0.25) is 0 Å². The molecule has 0 amide bonds. The minimum Gasteiger partial charge on any atom is -0.388 e. The fraction of sp³-hybridized carbons (Fsp3) is 0.375. The van der Waals surface area contributed by atoms with Crippen molar-refractivity contribution in [1.82, 2.24) is 4.98 Å². The molecule has 0 spiro atoms. The van der Waals surface area contributed by atoms with Crippen molar-refractivity contribution < 1.29 is 26.7 Å². The Labute approximate surface area is 111 Å². The third kappa shape index (κ3) is 4.09. The van der Waals surface area contributed by atoms with E-state index in [9.17, 15) is 22.0 Å². The predicted molar refractivity (Wildman–Crippen MR) is 58.2 cm³/mol. The van der Waals surface area contributed by atoms with Gasteiger partial charge in [-0.05, 0) is 22.6 Å². The van der Waals surface area contributed by atoms with Crippen molar-refractivity contribution >= 4 is 34.2 Å². The first-order valence-electron chi connectivity index (χ1n) is 4.03. The molecule has 0 atom stereocenters. The molecule has 0 aromatic carbocycles. The average molecular weight is 387 g/mol. The van der Waals surface area contributed by atoms with Gasteiger partial charge >= 0.3 is 6.36 Å². The van der Waals surface area contributed by atoms with Gasteiger partial charge in [0.15, 0.2) is 0 Å². The van der Waals surface area contributed by atoms with Crippen LogP contribution in [0.15, 0.2) is 6.07 Å². The lowest BCUT2D eigenvalue weighted by Gasteiger charge is -2.12. The number of halogens is 7. The fourth-order valence-corrected chi connectivity index (χ4v) is 2.12. The van der Waals surface area contributed by atoms with E-state index in [1.165, 1.54) is 0 Å². The second kappa shape index (κ2) is 5.51. The van der Waals surface area contributed by atoms with E-state index in [1.54, 1.807) is 22.6 Å². The van der Waals surface area contributed by atoms with Gasteiger partial charge in [0.1, 0.15) is 0 Å². The first-order valence-corrected chi connectivity index (χ1v) is 5.65. The zero-order valence-corrected chi connectivity index (χ0v) is 10.8. The minimum absolute atomic E-state index is 0.0297. The van der Waals surface area contributed by atoms with E-state index in [-0.39, 0.29) is 15.1 Å². The van der Waals surface area contributed by atoms with E-state index in [4.69, 9.17) is 11.6 Å². The molecule has 0 fully saturated rings. The monoisotopic (exact) mass is 387 g/mol. The zero-order chi connectivity index (χ0) is 13.2. The van der Waals surface area contributed by atoms with E-state index < -0.39 is 24.2 Å². The van der Waals surface area contributed by atoms with Crippen molar-refractivity contribution in [3.05, 3.63) is 20.9 Å². The van der Waals surface area contributed by atoms with Crippen LogP contribution in [0.3, 0.4) is 0 Å². The minimum atomic E-state index is -4.98. The van der Waals surface area contributed by atoms with E-state index in [2.05, 4.69) is 9.72 Å². The summed E-state index contributed by atoms with van der Waals surface area (Å²) in [4.78, 5) is 3.40. The Morgan fingerprint density at radius 3 is 2.41 bits per heavy atom. The number of nitrogens with zero attached hydrogens (tertiary/aromatic N) is 1. The molecule has 0 aliphatic carbocycles. The molecule has 1 rings (SSSR count). The van der Waals surface area contributed by atoms with E-state index in [1.807, 2.05) is 0 Å². The van der Waals surface area contributed by atoms with Crippen LogP contribution in [0, 0.1) is 3.57 Å². The molecule has 1 heterocycles. The second-order valence-corrected chi connectivity index (χ2v) is 4.14.